The standard InChI is InChI=1S/C25H20N4O2S2/c1-31-19-9-7-17(8-10-19)21-15-33-25(20(21)14-26)29-23(30)11-12-32-24-13-22(27-16-28-24)18-5-3-2-4-6-18/h2-10,13,15-16H,11-12H2,1H3,(H,29,30). The second-order valence-corrected chi connectivity index (χ2v) is 8.94. The molecule has 4 aromatic rings. The molecule has 2 heterocycles. The minimum absolute atomic E-state index is 0.139. The van der Waals surface area contributed by atoms with Crippen molar-refractivity contribution in [2.45, 2.75) is 11.4 Å². The summed E-state index contributed by atoms with van der Waals surface area (Å²) in [5.41, 5.74) is 4.03. The molecule has 1 N–H and O–H groups in total. The van der Waals surface area contributed by atoms with Crippen molar-refractivity contribution in [3.8, 4) is 34.2 Å². The maximum atomic E-state index is 12.5. The molecule has 0 saturated heterocycles. The molecule has 1 amide bonds. The van der Waals surface area contributed by atoms with E-state index in [4.69, 9.17) is 4.74 Å². The number of rotatable bonds is 8. The molecule has 4 rings (SSSR count). The average Bonchev–Trinajstić information content (AvgIpc) is 3.27. The quantitative estimate of drug-likeness (QED) is 0.255. The van der Waals surface area contributed by atoms with Crippen LogP contribution in [0.2, 0.25) is 0 Å². The number of nitriles is 1. The van der Waals surface area contributed by atoms with Gasteiger partial charge in [0.25, 0.3) is 0 Å². The lowest BCUT2D eigenvalue weighted by molar-refractivity contribution is -0.115. The first-order valence-corrected chi connectivity index (χ1v) is 12.0. The van der Waals surface area contributed by atoms with Gasteiger partial charge in [-0.15, -0.1) is 23.1 Å². The number of nitrogens with one attached hydrogen (secondary N) is 1. The van der Waals surface area contributed by atoms with Crippen molar-refractivity contribution in [2.24, 2.45) is 0 Å². The van der Waals surface area contributed by atoms with Crippen LogP contribution in [-0.4, -0.2) is 28.7 Å². The first-order valence-electron chi connectivity index (χ1n) is 10.1. The van der Waals surface area contributed by atoms with Gasteiger partial charge in [0.1, 0.15) is 23.1 Å². The summed E-state index contributed by atoms with van der Waals surface area (Å²) < 4.78 is 5.19. The van der Waals surface area contributed by atoms with E-state index in [1.807, 2.05) is 66.0 Å². The van der Waals surface area contributed by atoms with Crippen molar-refractivity contribution in [3.05, 3.63) is 77.9 Å². The van der Waals surface area contributed by atoms with Crippen LogP contribution >= 0.6 is 23.1 Å². The van der Waals surface area contributed by atoms with E-state index in [9.17, 15) is 10.1 Å². The van der Waals surface area contributed by atoms with E-state index in [2.05, 4.69) is 21.4 Å². The maximum absolute atomic E-state index is 12.5. The number of methoxy groups -OCH3 is 1. The zero-order valence-corrected chi connectivity index (χ0v) is 19.5. The smallest absolute Gasteiger partial charge is 0.225 e. The topological polar surface area (TPSA) is 87.9 Å². The predicted molar refractivity (Wildman–Crippen MR) is 132 cm³/mol. The van der Waals surface area contributed by atoms with Gasteiger partial charge in [0, 0.05) is 28.7 Å². The van der Waals surface area contributed by atoms with Gasteiger partial charge in [-0.2, -0.15) is 5.26 Å². The lowest BCUT2D eigenvalue weighted by Gasteiger charge is -2.06. The summed E-state index contributed by atoms with van der Waals surface area (Å²) in [6.45, 7) is 0. The van der Waals surface area contributed by atoms with Crippen molar-refractivity contribution in [2.75, 3.05) is 18.2 Å². The number of ether oxygens (including phenoxy) is 1. The van der Waals surface area contributed by atoms with Crippen molar-refractivity contribution in [1.29, 1.82) is 5.26 Å². The number of benzene rings is 2. The fourth-order valence-electron chi connectivity index (χ4n) is 3.17. The van der Waals surface area contributed by atoms with E-state index in [1.54, 1.807) is 7.11 Å². The highest BCUT2D eigenvalue weighted by Crippen LogP contribution is 2.35. The van der Waals surface area contributed by atoms with Crippen LogP contribution < -0.4 is 10.1 Å². The number of carbonyl (C=O) groups is 1. The van der Waals surface area contributed by atoms with Crippen LogP contribution in [0.4, 0.5) is 5.00 Å². The number of hydrogen-bond donors (Lipinski definition) is 1. The fraction of sp³-hybridized carbons (Fsp3) is 0.120. The Bertz CT molecular complexity index is 1280. The molecule has 0 aliphatic heterocycles. The summed E-state index contributed by atoms with van der Waals surface area (Å²) in [5.74, 6) is 1.17. The number of nitrogens with zero attached hydrogens (tertiary/aromatic N) is 3. The number of carbonyl (C=O) groups excluding carboxylic acids is 1. The van der Waals surface area contributed by atoms with E-state index < -0.39 is 0 Å². The monoisotopic (exact) mass is 472 g/mol. The number of hydrogen-bond acceptors (Lipinski definition) is 7. The molecule has 0 fully saturated rings. The van der Waals surface area contributed by atoms with Crippen LogP contribution in [0.5, 0.6) is 5.75 Å². The fourth-order valence-corrected chi connectivity index (χ4v) is 4.92. The minimum Gasteiger partial charge on any atom is -0.497 e. The summed E-state index contributed by atoms with van der Waals surface area (Å²) in [6.07, 6.45) is 1.84. The number of anilines is 1. The van der Waals surface area contributed by atoms with E-state index in [-0.39, 0.29) is 5.91 Å². The van der Waals surface area contributed by atoms with Crippen LogP contribution in [0.1, 0.15) is 12.0 Å². The molecule has 0 saturated carbocycles. The summed E-state index contributed by atoms with van der Waals surface area (Å²) in [5, 5.41) is 15.8. The largest absolute Gasteiger partial charge is 0.497 e. The number of aromatic nitrogens is 2. The molecule has 2 aromatic heterocycles. The molecule has 8 heteroatoms. The predicted octanol–water partition coefficient (Wildman–Crippen LogP) is 5.87. The van der Waals surface area contributed by atoms with Gasteiger partial charge in [-0.05, 0) is 23.8 Å². The van der Waals surface area contributed by atoms with Crippen molar-refractivity contribution >= 4 is 34.0 Å². The van der Waals surface area contributed by atoms with Crippen LogP contribution in [0.3, 0.4) is 0 Å². The second-order valence-electron chi connectivity index (χ2n) is 6.95. The second kappa shape index (κ2) is 10.8. The normalized spacial score (nSPS) is 10.4. The molecular formula is C25H20N4O2S2. The summed E-state index contributed by atoms with van der Waals surface area (Å²) in [6, 6.07) is 21.5. The Morgan fingerprint density at radius 2 is 1.91 bits per heavy atom. The molecule has 164 valence electrons. The molecular weight excluding hydrogens is 452 g/mol. The van der Waals surface area contributed by atoms with Crippen LogP contribution in [-0.2, 0) is 4.79 Å². The number of thiophene rings is 1. The Hall–Kier alpha value is -3.67. The van der Waals surface area contributed by atoms with Gasteiger partial charge in [0.15, 0.2) is 0 Å². The first-order chi connectivity index (χ1) is 16.2. The maximum Gasteiger partial charge on any atom is 0.225 e. The Balaban J connectivity index is 1.36. The number of amides is 1. The molecule has 0 spiro atoms. The minimum atomic E-state index is -0.139. The lowest BCUT2D eigenvalue weighted by Crippen LogP contribution is -2.12. The Kier molecular flexibility index (Phi) is 7.35. The summed E-state index contributed by atoms with van der Waals surface area (Å²) in [7, 11) is 1.61. The van der Waals surface area contributed by atoms with Crippen LogP contribution in [0.15, 0.2) is 77.4 Å². The third-order valence-electron chi connectivity index (χ3n) is 4.85. The van der Waals surface area contributed by atoms with Crippen molar-refractivity contribution in [3.63, 3.8) is 0 Å². The molecule has 0 unspecified atom stereocenters. The molecule has 2 aromatic carbocycles. The van der Waals surface area contributed by atoms with Gasteiger partial charge in [-0.1, -0.05) is 42.5 Å². The van der Waals surface area contributed by atoms with E-state index >= 15 is 0 Å². The van der Waals surface area contributed by atoms with Crippen LogP contribution in [0.25, 0.3) is 22.4 Å². The molecule has 0 atom stereocenters. The molecule has 0 aliphatic rings. The first kappa shape index (κ1) is 22.5. The Morgan fingerprint density at radius 3 is 2.64 bits per heavy atom. The van der Waals surface area contributed by atoms with E-state index in [0.29, 0.717) is 22.7 Å². The van der Waals surface area contributed by atoms with Gasteiger partial charge in [0.05, 0.1) is 23.4 Å². The summed E-state index contributed by atoms with van der Waals surface area (Å²) >= 11 is 2.85. The van der Waals surface area contributed by atoms with Crippen molar-refractivity contribution in [1.82, 2.24) is 9.97 Å². The van der Waals surface area contributed by atoms with Gasteiger partial charge in [-0.25, -0.2) is 9.97 Å². The zero-order valence-electron chi connectivity index (χ0n) is 17.8. The Labute approximate surface area is 200 Å². The molecule has 0 bridgehead atoms. The van der Waals surface area contributed by atoms with Gasteiger partial charge in [-0.3, -0.25) is 4.79 Å². The van der Waals surface area contributed by atoms with Gasteiger partial charge < -0.3 is 10.1 Å². The SMILES string of the molecule is COc1ccc(-c2csc(NC(=O)CCSc3cc(-c4ccccc4)ncn3)c2C#N)cc1. The average molecular weight is 473 g/mol. The molecule has 33 heavy (non-hydrogen) atoms. The van der Waals surface area contributed by atoms with Crippen molar-refractivity contribution < 1.29 is 9.53 Å². The summed E-state index contributed by atoms with van der Waals surface area (Å²) in [4.78, 5) is 21.1. The van der Waals surface area contributed by atoms with Gasteiger partial charge in [0.2, 0.25) is 5.91 Å². The highest BCUT2D eigenvalue weighted by Gasteiger charge is 2.15. The molecule has 6 nitrogen and oxygen atoms in total. The Morgan fingerprint density at radius 1 is 1.12 bits per heavy atom. The molecule has 0 aliphatic carbocycles. The van der Waals surface area contributed by atoms with Crippen LogP contribution in [0, 0.1) is 11.3 Å². The zero-order chi connectivity index (χ0) is 23.0. The number of thioether (sulfide) groups is 1. The van der Waals surface area contributed by atoms with Gasteiger partial charge >= 0.3 is 0 Å². The molecule has 0 radical (unpaired) electrons. The van der Waals surface area contributed by atoms with E-state index in [0.717, 1.165) is 33.2 Å². The lowest BCUT2D eigenvalue weighted by atomic mass is 10.0. The third kappa shape index (κ3) is 5.58. The van der Waals surface area contributed by atoms with E-state index in [1.165, 1.54) is 29.4 Å². The highest BCUT2D eigenvalue weighted by atomic mass is 32.2. The third-order valence-corrected chi connectivity index (χ3v) is 6.67. The highest BCUT2D eigenvalue weighted by molar-refractivity contribution is 7.99.